The Morgan fingerprint density at radius 1 is 1.08 bits per heavy atom. The molecule has 4 nitrogen and oxygen atoms in total. The Morgan fingerprint density at radius 2 is 1.75 bits per heavy atom. The first kappa shape index (κ1) is 17.0. The summed E-state index contributed by atoms with van der Waals surface area (Å²) in [6, 6.07) is 7.49. The van der Waals surface area contributed by atoms with Gasteiger partial charge in [-0.2, -0.15) is 0 Å². The highest BCUT2D eigenvalue weighted by Gasteiger charge is 2.43. The molecule has 0 aromatic heterocycles. The van der Waals surface area contributed by atoms with Gasteiger partial charge >= 0.3 is 0 Å². The van der Waals surface area contributed by atoms with Crippen LogP contribution in [0.4, 0.5) is 0 Å². The molecule has 2 aliphatic rings. The molecule has 1 aliphatic heterocycles. The van der Waals surface area contributed by atoms with E-state index in [1.807, 2.05) is 24.3 Å². The minimum absolute atomic E-state index is 0.0459. The zero-order chi connectivity index (χ0) is 17.1. The molecule has 5 heteroatoms. The summed E-state index contributed by atoms with van der Waals surface area (Å²) in [4.78, 5) is 26.3. The van der Waals surface area contributed by atoms with Crippen LogP contribution in [-0.4, -0.2) is 22.8 Å². The first-order chi connectivity index (χ1) is 11.6. The maximum Gasteiger partial charge on any atom is 0.298 e. The van der Waals surface area contributed by atoms with Gasteiger partial charge in [-0.15, -0.1) is 0 Å². The van der Waals surface area contributed by atoms with E-state index in [4.69, 9.17) is 16.3 Å². The molecule has 2 amide bonds. The number of hydrogen-bond donors (Lipinski definition) is 0. The van der Waals surface area contributed by atoms with Gasteiger partial charge in [-0.3, -0.25) is 14.5 Å². The van der Waals surface area contributed by atoms with Gasteiger partial charge in [0.2, 0.25) is 5.76 Å². The van der Waals surface area contributed by atoms with Crippen LogP contribution >= 0.6 is 11.6 Å². The lowest BCUT2D eigenvalue weighted by Crippen LogP contribution is -2.42. The van der Waals surface area contributed by atoms with Gasteiger partial charge in [-0.25, -0.2) is 0 Å². The van der Waals surface area contributed by atoms with Gasteiger partial charge in [-0.05, 0) is 37.0 Å². The van der Waals surface area contributed by atoms with Crippen LogP contribution in [0.3, 0.4) is 0 Å². The van der Waals surface area contributed by atoms with Gasteiger partial charge in [0.15, 0.2) is 5.03 Å². The summed E-state index contributed by atoms with van der Waals surface area (Å²) in [5, 5.41) is -0.108. The summed E-state index contributed by atoms with van der Waals surface area (Å²) < 4.78 is 5.66. The molecule has 0 saturated heterocycles. The SMILES string of the molecule is CCCc1ccc(OC2=C(Cl)C(=O)N(C3CCCCC3)C2=O)cc1. The first-order valence-corrected chi connectivity index (χ1v) is 9.04. The van der Waals surface area contributed by atoms with Crippen LogP contribution in [-0.2, 0) is 16.0 Å². The van der Waals surface area contributed by atoms with Crippen molar-refractivity contribution in [3.63, 3.8) is 0 Å². The molecule has 1 aromatic carbocycles. The van der Waals surface area contributed by atoms with E-state index in [2.05, 4.69) is 6.92 Å². The second-order valence-electron chi connectivity index (χ2n) is 6.41. The third-order valence-corrected chi connectivity index (χ3v) is 4.97. The van der Waals surface area contributed by atoms with Crippen LogP contribution in [0.5, 0.6) is 5.75 Å². The van der Waals surface area contributed by atoms with Crippen LogP contribution in [0.1, 0.15) is 51.0 Å². The predicted octanol–water partition coefficient (Wildman–Crippen LogP) is 4.17. The van der Waals surface area contributed by atoms with Crippen molar-refractivity contribution in [1.82, 2.24) is 4.90 Å². The molecule has 0 atom stereocenters. The molecule has 3 rings (SSSR count). The van der Waals surface area contributed by atoms with Gasteiger partial charge in [0.1, 0.15) is 5.75 Å². The highest BCUT2D eigenvalue weighted by molar-refractivity contribution is 6.47. The van der Waals surface area contributed by atoms with Crippen LogP contribution in [0.15, 0.2) is 35.1 Å². The van der Waals surface area contributed by atoms with Gasteiger partial charge in [0.05, 0.1) is 0 Å². The van der Waals surface area contributed by atoms with Crippen molar-refractivity contribution in [2.24, 2.45) is 0 Å². The Labute approximate surface area is 147 Å². The van der Waals surface area contributed by atoms with E-state index in [1.165, 1.54) is 10.5 Å². The summed E-state index contributed by atoms with van der Waals surface area (Å²) >= 11 is 6.11. The van der Waals surface area contributed by atoms with Gasteiger partial charge in [0.25, 0.3) is 11.8 Å². The summed E-state index contributed by atoms with van der Waals surface area (Å²) in [5.41, 5.74) is 1.21. The molecule has 0 N–H and O–H groups in total. The number of rotatable bonds is 5. The Balaban J connectivity index is 1.75. The smallest absolute Gasteiger partial charge is 0.298 e. The van der Waals surface area contributed by atoms with Crippen molar-refractivity contribution >= 4 is 23.4 Å². The van der Waals surface area contributed by atoms with E-state index in [0.29, 0.717) is 5.75 Å². The predicted molar refractivity (Wildman–Crippen MR) is 92.7 cm³/mol. The second-order valence-corrected chi connectivity index (χ2v) is 6.79. The Bertz CT molecular complexity index is 660. The van der Waals surface area contributed by atoms with E-state index in [9.17, 15) is 9.59 Å². The van der Waals surface area contributed by atoms with E-state index in [1.54, 1.807) is 0 Å². The number of carbonyl (C=O) groups is 2. The maximum absolute atomic E-state index is 12.6. The van der Waals surface area contributed by atoms with E-state index in [0.717, 1.165) is 44.9 Å². The number of carbonyl (C=O) groups excluding carboxylic acids is 2. The molecule has 0 bridgehead atoms. The number of aryl methyl sites for hydroxylation is 1. The molecule has 1 saturated carbocycles. The summed E-state index contributed by atoms with van der Waals surface area (Å²) in [7, 11) is 0. The van der Waals surface area contributed by atoms with Crippen molar-refractivity contribution in [3.8, 4) is 5.75 Å². The van der Waals surface area contributed by atoms with Crippen LogP contribution in [0.25, 0.3) is 0 Å². The molecule has 1 aromatic rings. The van der Waals surface area contributed by atoms with Crippen LogP contribution in [0, 0.1) is 0 Å². The Hall–Kier alpha value is -1.81. The fourth-order valence-corrected chi connectivity index (χ4v) is 3.60. The summed E-state index contributed by atoms with van der Waals surface area (Å²) in [6.45, 7) is 2.12. The zero-order valence-corrected chi connectivity index (χ0v) is 14.6. The van der Waals surface area contributed by atoms with Crippen molar-refractivity contribution in [1.29, 1.82) is 0 Å². The van der Waals surface area contributed by atoms with Crippen molar-refractivity contribution in [2.45, 2.75) is 57.9 Å². The van der Waals surface area contributed by atoms with E-state index < -0.39 is 11.8 Å². The Morgan fingerprint density at radius 3 is 2.38 bits per heavy atom. The second kappa shape index (κ2) is 7.39. The molecule has 128 valence electrons. The minimum atomic E-state index is -0.425. The van der Waals surface area contributed by atoms with Crippen molar-refractivity contribution in [2.75, 3.05) is 0 Å². The maximum atomic E-state index is 12.6. The van der Waals surface area contributed by atoms with Gasteiger partial charge < -0.3 is 4.74 Å². The van der Waals surface area contributed by atoms with E-state index >= 15 is 0 Å². The number of hydrogen-bond acceptors (Lipinski definition) is 3. The quantitative estimate of drug-likeness (QED) is 0.751. The zero-order valence-electron chi connectivity index (χ0n) is 13.9. The highest BCUT2D eigenvalue weighted by Crippen LogP contribution is 2.32. The number of benzene rings is 1. The number of ether oxygens (including phenoxy) is 1. The van der Waals surface area contributed by atoms with Crippen molar-refractivity contribution < 1.29 is 14.3 Å². The lowest BCUT2D eigenvalue weighted by atomic mass is 9.94. The van der Waals surface area contributed by atoms with Crippen LogP contribution in [0.2, 0.25) is 0 Å². The van der Waals surface area contributed by atoms with Gasteiger partial charge in [-0.1, -0.05) is 56.3 Å². The topological polar surface area (TPSA) is 46.6 Å². The standard InChI is InChI=1S/C19H22ClNO3/c1-2-6-13-9-11-15(12-10-13)24-17-16(20)18(22)21(19(17)23)14-7-4-3-5-8-14/h9-12,14H,2-8H2,1H3. The fraction of sp³-hybridized carbons (Fsp3) is 0.474. The monoisotopic (exact) mass is 347 g/mol. The Kier molecular flexibility index (Phi) is 5.24. The molecule has 1 aliphatic carbocycles. The lowest BCUT2D eigenvalue weighted by molar-refractivity contribution is -0.141. The average Bonchev–Trinajstić information content (AvgIpc) is 2.81. The first-order valence-electron chi connectivity index (χ1n) is 8.66. The molecule has 0 unspecified atom stereocenters. The van der Waals surface area contributed by atoms with Crippen molar-refractivity contribution in [3.05, 3.63) is 40.6 Å². The molecular formula is C19H22ClNO3. The molecular weight excluding hydrogens is 326 g/mol. The average molecular weight is 348 g/mol. The molecule has 0 spiro atoms. The highest BCUT2D eigenvalue weighted by atomic mass is 35.5. The van der Waals surface area contributed by atoms with Crippen LogP contribution < -0.4 is 4.74 Å². The lowest BCUT2D eigenvalue weighted by Gasteiger charge is -2.29. The van der Waals surface area contributed by atoms with E-state index in [-0.39, 0.29) is 16.8 Å². The summed E-state index contributed by atoms with van der Waals surface area (Å²) in [5.74, 6) is -0.356. The molecule has 1 fully saturated rings. The molecule has 1 heterocycles. The van der Waals surface area contributed by atoms with Gasteiger partial charge in [0, 0.05) is 6.04 Å². The molecule has 24 heavy (non-hydrogen) atoms. The third-order valence-electron chi connectivity index (χ3n) is 4.64. The number of amides is 2. The number of imide groups is 1. The normalized spacial score (nSPS) is 19.3. The fourth-order valence-electron chi connectivity index (χ4n) is 3.39. The number of nitrogens with zero attached hydrogens (tertiary/aromatic N) is 1. The third kappa shape index (κ3) is 3.34. The number of halogens is 1. The largest absolute Gasteiger partial charge is 0.450 e. The summed E-state index contributed by atoms with van der Waals surface area (Å²) in [6.07, 6.45) is 6.99. The minimum Gasteiger partial charge on any atom is -0.450 e. The molecule has 0 radical (unpaired) electrons.